The summed E-state index contributed by atoms with van der Waals surface area (Å²) in [5.41, 5.74) is 0.814. The number of carbonyl (C=O) groups is 1. The fraction of sp³-hybridized carbons (Fsp3) is 0.0909. The molecule has 0 atom stereocenters. The van der Waals surface area contributed by atoms with Gasteiger partial charge in [0.1, 0.15) is 0 Å². The van der Waals surface area contributed by atoms with Crippen molar-refractivity contribution in [3.8, 4) is 0 Å². The minimum atomic E-state index is -0.974. The van der Waals surface area contributed by atoms with Gasteiger partial charge in [-0.15, -0.1) is 6.58 Å². The molecule has 0 bridgehead atoms. The average molecular weight is 299 g/mol. The van der Waals surface area contributed by atoms with Crippen LogP contribution in [0.5, 0.6) is 0 Å². The molecule has 6 heteroatoms. The number of hydrogen-bond donors (Lipinski definition) is 2. The van der Waals surface area contributed by atoms with E-state index in [0.29, 0.717) is 17.4 Å². The number of aliphatic imine (C=N–C) groups is 1. The van der Waals surface area contributed by atoms with Crippen LogP contribution >= 0.6 is 0 Å². The average Bonchev–Trinajstić information content (AvgIpc) is 2.26. The summed E-state index contributed by atoms with van der Waals surface area (Å²) >= 11 is 4.94. The number of carboxylic acids is 1. The van der Waals surface area contributed by atoms with E-state index >= 15 is 0 Å². The van der Waals surface area contributed by atoms with Crippen molar-refractivity contribution in [2.45, 2.75) is 0 Å². The van der Waals surface area contributed by atoms with Crippen LogP contribution in [-0.2, 0) is 29.7 Å². The summed E-state index contributed by atoms with van der Waals surface area (Å²) in [5, 5.41) is 11.9. The van der Waals surface area contributed by atoms with Crippen molar-refractivity contribution in [2.24, 2.45) is 4.99 Å². The number of nitrogens with one attached hydrogen (secondary N) is 1. The Balaban J connectivity index is 0.00000256. The largest absolute Gasteiger partial charge is 1.00 e. The Morgan fingerprint density at radius 2 is 2.29 bits per heavy atom. The van der Waals surface area contributed by atoms with Crippen molar-refractivity contribution in [2.75, 3.05) is 11.9 Å². The fourth-order valence-electron chi connectivity index (χ4n) is 1.04. The van der Waals surface area contributed by atoms with Crippen molar-refractivity contribution in [3.63, 3.8) is 0 Å². The van der Waals surface area contributed by atoms with Crippen LogP contribution in [0, 0.1) is 0 Å². The Kier molecular flexibility index (Phi) is 7.21. The predicted molar refractivity (Wildman–Crippen MR) is 66.9 cm³/mol. The van der Waals surface area contributed by atoms with Gasteiger partial charge in [-0.3, -0.25) is 4.99 Å². The van der Waals surface area contributed by atoms with Gasteiger partial charge >= 0.3 is 23.0 Å². The molecule has 0 aliphatic heterocycles. The van der Waals surface area contributed by atoms with Crippen molar-refractivity contribution in [3.05, 3.63) is 42.5 Å². The molecular weight excluding hydrogens is 288 g/mol. The molecule has 0 aliphatic carbocycles. The number of aromatic carboxylic acids is 1. The Morgan fingerprint density at radius 1 is 1.59 bits per heavy atom. The minimum Gasteiger partial charge on any atom is -0.743 e. The molecule has 1 aromatic carbocycles. The molecule has 4 nitrogen and oxygen atoms in total. The monoisotopic (exact) mass is 298 g/mol. The Bertz CT molecular complexity index is 435. The summed E-state index contributed by atoms with van der Waals surface area (Å²) in [6.45, 7) is 3.95. The van der Waals surface area contributed by atoms with Gasteiger partial charge in [-0.25, -0.2) is 4.79 Å². The molecule has 0 aromatic heterocycles. The van der Waals surface area contributed by atoms with E-state index in [1.165, 1.54) is 12.1 Å². The van der Waals surface area contributed by atoms with Gasteiger partial charge in [0.05, 0.1) is 12.1 Å². The van der Waals surface area contributed by atoms with E-state index in [0.717, 1.165) is 0 Å². The number of anilines is 1. The quantitative estimate of drug-likeness (QED) is 0.293. The van der Waals surface area contributed by atoms with E-state index in [1.807, 2.05) is 0 Å². The molecule has 0 radical (unpaired) electrons. The van der Waals surface area contributed by atoms with Crippen LogP contribution < -0.4 is 5.32 Å². The summed E-state index contributed by atoms with van der Waals surface area (Å²) in [6.07, 6.45) is 1.63. The SMILES string of the molecule is C=CCN=C([S-])Nc1cccc(C(=O)O)c1.[Cu+]. The van der Waals surface area contributed by atoms with Gasteiger partial charge in [0.15, 0.2) is 0 Å². The maximum Gasteiger partial charge on any atom is 1.00 e. The maximum atomic E-state index is 10.7. The van der Waals surface area contributed by atoms with E-state index in [-0.39, 0.29) is 22.6 Å². The summed E-state index contributed by atoms with van der Waals surface area (Å²) in [4.78, 5) is 14.7. The first-order valence-electron chi connectivity index (χ1n) is 4.56. The van der Waals surface area contributed by atoms with Crippen LogP contribution in [0.3, 0.4) is 0 Å². The third-order valence-electron chi connectivity index (χ3n) is 1.72. The van der Waals surface area contributed by atoms with Crippen molar-refractivity contribution >= 4 is 29.5 Å². The predicted octanol–water partition coefficient (Wildman–Crippen LogP) is 1.88. The first kappa shape index (κ1) is 15.6. The van der Waals surface area contributed by atoms with E-state index in [9.17, 15) is 4.79 Å². The second-order valence-electron chi connectivity index (χ2n) is 2.95. The molecule has 0 saturated carbocycles. The number of carboxylic acid groups (broad SMARTS) is 1. The molecule has 2 N–H and O–H groups in total. The van der Waals surface area contributed by atoms with Gasteiger partial charge in [0, 0.05) is 5.69 Å². The second-order valence-corrected chi connectivity index (χ2v) is 3.33. The summed E-state index contributed by atoms with van der Waals surface area (Å²) in [5.74, 6) is -0.974. The topological polar surface area (TPSA) is 61.7 Å². The van der Waals surface area contributed by atoms with E-state index < -0.39 is 5.97 Å². The first-order chi connectivity index (χ1) is 7.63. The molecule has 1 aromatic rings. The van der Waals surface area contributed by atoms with Crippen LogP contribution in [0.2, 0.25) is 0 Å². The summed E-state index contributed by atoms with van der Waals surface area (Å²) in [7, 11) is 0. The number of rotatable bonds is 4. The van der Waals surface area contributed by atoms with Gasteiger partial charge in [-0.2, -0.15) is 0 Å². The zero-order chi connectivity index (χ0) is 12.0. The van der Waals surface area contributed by atoms with E-state index in [4.69, 9.17) is 17.7 Å². The van der Waals surface area contributed by atoms with E-state index in [2.05, 4.69) is 16.9 Å². The van der Waals surface area contributed by atoms with Crippen LogP contribution in [0.4, 0.5) is 5.69 Å². The third kappa shape index (κ3) is 5.49. The first-order valence-corrected chi connectivity index (χ1v) is 4.97. The molecule has 0 heterocycles. The zero-order valence-electron chi connectivity index (χ0n) is 8.81. The Labute approximate surface area is 116 Å². The van der Waals surface area contributed by atoms with Crippen LogP contribution in [0.1, 0.15) is 10.4 Å². The van der Waals surface area contributed by atoms with Crippen molar-refractivity contribution in [1.29, 1.82) is 0 Å². The molecule has 17 heavy (non-hydrogen) atoms. The van der Waals surface area contributed by atoms with Crippen LogP contribution in [0.15, 0.2) is 41.9 Å². The number of nitrogens with zero attached hydrogens (tertiary/aromatic N) is 1. The summed E-state index contributed by atoms with van der Waals surface area (Å²) in [6, 6.07) is 6.37. The Morgan fingerprint density at radius 3 is 2.88 bits per heavy atom. The fourth-order valence-corrected chi connectivity index (χ4v) is 1.23. The molecule has 0 unspecified atom stereocenters. The number of benzene rings is 1. The molecule has 0 fully saturated rings. The normalized spacial score (nSPS) is 10.2. The van der Waals surface area contributed by atoms with Gasteiger partial charge < -0.3 is 23.1 Å². The van der Waals surface area contributed by atoms with Crippen molar-refractivity contribution in [1.82, 2.24) is 0 Å². The molecule has 0 saturated heterocycles. The maximum absolute atomic E-state index is 10.7. The van der Waals surface area contributed by atoms with Gasteiger partial charge in [-0.1, -0.05) is 12.1 Å². The minimum absolute atomic E-state index is 0. The molecule has 0 spiro atoms. The molecule has 0 amide bonds. The standard InChI is InChI=1S/C11H12N2O2S.Cu/c1-2-6-12-11(16)13-9-5-3-4-8(7-9)10(14)15;/h2-5,7H,1,6H2,(H,14,15)(H2,12,13,16);/q;+1/p-1. The second kappa shape index (κ2) is 7.84. The zero-order valence-corrected chi connectivity index (χ0v) is 10.6. The van der Waals surface area contributed by atoms with Crippen LogP contribution in [-0.4, -0.2) is 22.8 Å². The van der Waals surface area contributed by atoms with Gasteiger partial charge in [0.25, 0.3) is 0 Å². The summed E-state index contributed by atoms with van der Waals surface area (Å²) < 4.78 is 0. The van der Waals surface area contributed by atoms with Gasteiger partial charge in [0.2, 0.25) is 0 Å². The number of hydrogen-bond acceptors (Lipinski definition) is 3. The number of amidine groups is 1. The third-order valence-corrected chi connectivity index (χ3v) is 1.96. The smallest absolute Gasteiger partial charge is 0.743 e. The Hall–Kier alpha value is -1.36. The molecule has 1 rings (SSSR count). The molecule has 94 valence electrons. The molecular formula is C11H11CuN2O2S. The van der Waals surface area contributed by atoms with E-state index in [1.54, 1.807) is 18.2 Å². The van der Waals surface area contributed by atoms with Gasteiger partial charge in [-0.05, 0) is 23.4 Å². The molecule has 0 aliphatic rings. The van der Waals surface area contributed by atoms with Crippen LogP contribution in [0.25, 0.3) is 0 Å². The van der Waals surface area contributed by atoms with Crippen molar-refractivity contribution < 1.29 is 27.0 Å².